The zero-order chi connectivity index (χ0) is 29.3. The Morgan fingerprint density at radius 1 is 1.00 bits per heavy atom. The van der Waals surface area contributed by atoms with Crippen LogP contribution in [0.25, 0.3) is 0 Å². The van der Waals surface area contributed by atoms with Gasteiger partial charge in [-0.25, -0.2) is 13.8 Å². The highest BCUT2D eigenvalue weighted by atomic mass is 31.0. The van der Waals surface area contributed by atoms with E-state index < -0.39 is 23.7 Å². The molecule has 9 heteroatoms. The average Bonchev–Trinajstić information content (AvgIpc) is 3.14. The number of nitrogens with one attached hydrogen (secondary N) is 2. The van der Waals surface area contributed by atoms with Gasteiger partial charge in [0, 0.05) is 43.2 Å². The van der Waals surface area contributed by atoms with E-state index >= 15 is 0 Å². The standard InChI is InChI=1S/C27H45F2N4O2P.C5H8/c28-27(29,36)25-23(34)14-18(15-30-25)26(35)32-13-12-22-24-20(6-1-2-7-21(24)32)31-33(22)19-10-8-17(9-11-19)16-4-3-5-16;1-4-5(2)3/h16-25,30-31,34H,1-15,36H2;4H,1-2H2,3H3/t17?,18?,19?,20?,21-,22?,23?,24?,25?;/m0./s1. The highest BCUT2D eigenvalue weighted by Gasteiger charge is 2.54. The summed E-state index contributed by atoms with van der Waals surface area (Å²) in [7, 11) is 1.52. The molecule has 6 aliphatic rings. The lowest BCUT2D eigenvalue weighted by atomic mass is 9.69. The predicted molar refractivity (Wildman–Crippen MR) is 163 cm³/mol. The maximum Gasteiger partial charge on any atom is 0.276 e. The van der Waals surface area contributed by atoms with E-state index in [1.807, 2.05) is 6.92 Å². The van der Waals surface area contributed by atoms with Crippen LogP contribution >= 0.6 is 9.24 Å². The van der Waals surface area contributed by atoms with Crippen LogP contribution in [0.15, 0.2) is 24.8 Å². The largest absolute Gasteiger partial charge is 0.391 e. The van der Waals surface area contributed by atoms with Crippen molar-refractivity contribution in [2.75, 3.05) is 13.1 Å². The van der Waals surface area contributed by atoms with Crippen molar-refractivity contribution in [3.63, 3.8) is 0 Å². The lowest BCUT2D eigenvalue weighted by Gasteiger charge is -2.48. The number of likely N-dealkylation sites (tertiary alicyclic amines) is 1. The fourth-order valence-corrected chi connectivity index (χ4v) is 9.13. The third-order valence-corrected chi connectivity index (χ3v) is 11.6. The molecule has 8 atom stereocenters. The summed E-state index contributed by atoms with van der Waals surface area (Å²) in [6.07, 6.45) is 15.8. The summed E-state index contributed by atoms with van der Waals surface area (Å²) in [6, 6.07) is 0.432. The van der Waals surface area contributed by atoms with Crippen molar-refractivity contribution >= 4 is 15.1 Å². The smallest absolute Gasteiger partial charge is 0.276 e. The molecule has 0 bridgehead atoms. The van der Waals surface area contributed by atoms with Gasteiger partial charge >= 0.3 is 0 Å². The second-order valence-electron chi connectivity index (χ2n) is 13.8. The molecule has 3 N–H and O–H groups in total. The predicted octanol–water partition coefficient (Wildman–Crippen LogP) is 5.25. The van der Waals surface area contributed by atoms with Gasteiger partial charge in [0.15, 0.2) is 0 Å². The maximum absolute atomic E-state index is 13.8. The molecule has 1 amide bonds. The number of alkyl halides is 2. The number of hydrazine groups is 1. The van der Waals surface area contributed by atoms with Gasteiger partial charge in [0.25, 0.3) is 5.66 Å². The molecular formula is C32H53F2N4O2P. The van der Waals surface area contributed by atoms with Crippen LogP contribution in [0.1, 0.15) is 90.4 Å². The van der Waals surface area contributed by atoms with Gasteiger partial charge < -0.3 is 15.3 Å². The Morgan fingerprint density at radius 3 is 2.24 bits per heavy atom. The van der Waals surface area contributed by atoms with Gasteiger partial charge in [-0.3, -0.25) is 10.2 Å². The Morgan fingerprint density at radius 2 is 1.66 bits per heavy atom. The van der Waals surface area contributed by atoms with Crippen LogP contribution in [0.4, 0.5) is 8.78 Å². The van der Waals surface area contributed by atoms with Crippen LogP contribution in [0.5, 0.6) is 0 Å². The van der Waals surface area contributed by atoms with Crippen molar-refractivity contribution in [2.24, 2.45) is 23.7 Å². The number of piperidine rings is 2. The fraction of sp³-hybridized carbons (Fsp3) is 0.844. The van der Waals surface area contributed by atoms with Crippen molar-refractivity contribution in [3.05, 3.63) is 24.8 Å². The molecule has 232 valence electrons. The number of hydrogen-bond donors (Lipinski definition) is 3. The van der Waals surface area contributed by atoms with Gasteiger partial charge in [0.2, 0.25) is 5.91 Å². The van der Waals surface area contributed by atoms with Crippen LogP contribution in [0.3, 0.4) is 0 Å². The molecule has 0 radical (unpaired) electrons. The summed E-state index contributed by atoms with van der Waals surface area (Å²) in [6.45, 7) is 9.87. The average molecular weight is 595 g/mol. The first-order chi connectivity index (χ1) is 19.6. The lowest BCUT2D eigenvalue weighted by molar-refractivity contribution is -0.146. The minimum absolute atomic E-state index is 0.0515. The molecule has 41 heavy (non-hydrogen) atoms. The molecule has 6 fully saturated rings. The number of carbonyl (C=O) groups excluding carboxylic acids is 1. The number of aliphatic hydroxyl groups is 1. The van der Waals surface area contributed by atoms with E-state index in [4.69, 9.17) is 0 Å². The third kappa shape index (κ3) is 6.93. The van der Waals surface area contributed by atoms with Gasteiger partial charge in [-0.1, -0.05) is 66.2 Å². The van der Waals surface area contributed by atoms with Crippen LogP contribution in [-0.4, -0.2) is 76.0 Å². The summed E-state index contributed by atoms with van der Waals surface area (Å²) in [4.78, 5) is 15.8. The fourth-order valence-electron chi connectivity index (χ4n) is 8.79. The molecule has 3 aliphatic carbocycles. The summed E-state index contributed by atoms with van der Waals surface area (Å²) in [5.41, 5.74) is 1.90. The van der Waals surface area contributed by atoms with E-state index in [2.05, 4.69) is 33.8 Å². The molecule has 6 nitrogen and oxygen atoms in total. The number of aliphatic hydroxyl groups excluding tert-OH is 1. The van der Waals surface area contributed by atoms with E-state index in [9.17, 15) is 18.7 Å². The molecule has 7 unspecified atom stereocenters. The maximum atomic E-state index is 13.8. The van der Waals surface area contributed by atoms with Crippen LogP contribution in [-0.2, 0) is 4.79 Å². The second kappa shape index (κ2) is 13.4. The minimum atomic E-state index is -3.09. The zero-order valence-corrected chi connectivity index (χ0v) is 26.1. The molecule has 0 spiro atoms. The number of carbonyl (C=O) groups is 1. The summed E-state index contributed by atoms with van der Waals surface area (Å²) in [5, 5.41) is 15.8. The van der Waals surface area contributed by atoms with Gasteiger partial charge in [-0.2, -0.15) is 0 Å². The number of halogens is 2. The van der Waals surface area contributed by atoms with Gasteiger partial charge in [0.1, 0.15) is 6.04 Å². The number of hydrogen-bond acceptors (Lipinski definition) is 5. The van der Waals surface area contributed by atoms with Crippen LogP contribution in [0, 0.1) is 23.7 Å². The van der Waals surface area contributed by atoms with Gasteiger partial charge in [0.05, 0.1) is 12.0 Å². The number of nitrogens with zero attached hydrogens (tertiary/aromatic N) is 2. The Kier molecular flexibility index (Phi) is 10.3. The lowest BCUT2D eigenvalue weighted by Crippen LogP contribution is -2.61. The molecule has 0 aromatic heterocycles. The molecule has 3 heterocycles. The van der Waals surface area contributed by atoms with E-state index in [1.54, 1.807) is 6.08 Å². The highest BCUT2D eigenvalue weighted by molar-refractivity contribution is 7.18. The quantitative estimate of drug-likeness (QED) is 0.300. The van der Waals surface area contributed by atoms with Crippen molar-refractivity contribution in [1.29, 1.82) is 0 Å². The molecule has 3 aliphatic heterocycles. The van der Waals surface area contributed by atoms with Gasteiger partial charge in [-0.15, -0.1) is 0 Å². The van der Waals surface area contributed by atoms with E-state index in [1.165, 1.54) is 67.0 Å². The van der Waals surface area contributed by atoms with Crippen molar-refractivity contribution in [1.82, 2.24) is 20.7 Å². The summed E-state index contributed by atoms with van der Waals surface area (Å²) < 4.78 is 27.6. The first kappa shape index (κ1) is 31.5. The summed E-state index contributed by atoms with van der Waals surface area (Å²) in [5.74, 6) is 2.00. The molecule has 3 saturated carbocycles. The van der Waals surface area contributed by atoms with Gasteiger partial charge in [-0.05, 0) is 70.1 Å². The second-order valence-corrected chi connectivity index (χ2v) is 14.6. The number of amides is 1. The minimum Gasteiger partial charge on any atom is -0.391 e. The van der Waals surface area contributed by atoms with Crippen molar-refractivity contribution < 1.29 is 18.7 Å². The Bertz CT molecular complexity index is 935. The van der Waals surface area contributed by atoms with E-state index in [0.29, 0.717) is 24.0 Å². The molecule has 0 aromatic carbocycles. The zero-order valence-electron chi connectivity index (χ0n) is 25.0. The van der Waals surface area contributed by atoms with Crippen LogP contribution in [0.2, 0.25) is 0 Å². The Labute approximate surface area is 248 Å². The van der Waals surface area contributed by atoms with Crippen molar-refractivity contribution in [2.45, 2.75) is 132 Å². The first-order valence-corrected chi connectivity index (χ1v) is 16.9. The normalized spacial score (nSPS) is 39.9. The number of rotatable bonds is 5. The first-order valence-electron chi connectivity index (χ1n) is 16.3. The molecule has 3 saturated heterocycles. The highest BCUT2D eigenvalue weighted by Crippen LogP contribution is 2.46. The summed E-state index contributed by atoms with van der Waals surface area (Å²) >= 11 is 0. The van der Waals surface area contributed by atoms with Crippen LogP contribution < -0.4 is 10.7 Å². The third-order valence-electron chi connectivity index (χ3n) is 11.2. The van der Waals surface area contributed by atoms with Crippen molar-refractivity contribution in [3.8, 4) is 0 Å². The molecular weight excluding hydrogens is 541 g/mol. The number of allylic oxidation sites excluding steroid dienone is 2. The molecule has 6 rings (SSSR count). The monoisotopic (exact) mass is 594 g/mol. The Hall–Kier alpha value is -0.920. The van der Waals surface area contributed by atoms with E-state index in [-0.39, 0.29) is 24.9 Å². The SMILES string of the molecule is C=CC(=C)C.O=C(C1CNC(C(F)(F)P)C(O)C1)N1CCC2C3C(CCCC[C@@H]31)NN2C1CCC(C2CCC2)CC1. The Balaban J connectivity index is 0.000000623. The topological polar surface area (TPSA) is 67.8 Å². The van der Waals surface area contributed by atoms with E-state index in [0.717, 1.165) is 43.2 Å². The molecule has 0 aromatic rings.